The summed E-state index contributed by atoms with van der Waals surface area (Å²) in [6.45, 7) is 6.15. The predicted molar refractivity (Wildman–Crippen MR) is 76.7 cm³/mol. The molecule has 3 aliphatic heterocycles. The van der Waals surface area contributed by atoms with Crippen molar-refractivity contribution in [3.8, 4) is 0 Å². The van der Waals surface area contributed by atoms with E-state index in [1.165, 1.54) is 32.2 Å². The molecule has 0 saturated carbocycles. The zero-order valence-electron chi connectivity index (χ0n) is 12.6. The third-order valence-corrected chi connectivity index (χ3v) is 5.17. The third kappa shape index (κ3) is 2.60. The summed E-state index contributed by atoms with van der Waals surface area (Å²) in [5.74, 6) is 1.99. The number of nitrogens with one attached hydrogen (secondary N) is 1. The van der Waals surface area contributed by atoms with E-state index < -0.39 is 0 Å². The number of fused-ring (bicyclic) bond motifs is 1. The molecule has 4 unspecified atom stereocenters. The molecule has 0 amide bonds. The van der Waals surface area contributed by atoms with Gasteiger partial charge in [0.25, 0.3) is 0 Å². The van der Waals surface area contributed by atoms with E-state index in [1.54, 1.807) is 0 Å². The van der Waals surface area contributed by atoms with Gasteiger partial charge in [0.15, 0.2) is 0 Å². The summed E-state index contributed by atoms with van der Waals surface area (Å²) >= 11 is 0. The fourth-order valence-corrected chi connectivity index (χ4v) is 3.86. The number of piperidine rings is 1. The molecule has 3 aliphatic rings. The van der Waals surface area contributed by atoms with Gasteiger partial charge in [0.05, 0.1) is 12.6 Å². The monoisotopic (exact) mass is 292 g/mol. The van der Waals surface area contributed by atoms with Crippen LogP contribution < -0.4 is 5.32 Å². The maximum atomic E-state index is 5.96. The normalized spacial score (nSPS) is 37.6. The van der Waals surface area contributed by atoms with Crippen LogP contribution in [0.4, 0.5) is 0 Å². The van der Waals surface area contributed by atoms with Gasteiger partial charge < -0.3 is 14.6 Å². The topological polar surface area (TPSA) is 63.4 Å². The molecule has 0 aromatic carbocycles. The Kier molecular flexibility index (Phi) is 3.69. The van der Waals surface area contributed by atoms with Crippen LogP contribution in [-0.2, 0) is 4.74 Å². The van der Waals surface area contributed by atoms with Gasteiger partial charge in [-0.15, -0.1) is 0 Å². The quantitative estimate of drug-likeness (QED) is 0.894. The van der Waals surface area contributed by atoms with Gasteiger partial charge in [-0.05, 0) is 44.7 Å². The molecule has 4 rings (SSSR count). The second kappa shape index (κ2) is 5.66. The van der Waals surface area contributed by atoms with Crippen molar-refractivity contribution < 1.29 is 9.26 Å². The van der Waals surface area contributed by atoms with E-state index in [0.29, 0.717) is 12.0 Å². The molecule has 6 heteroatoms. The predicted octanol–water partition coefficient (Wildman–Crippen LogP) is 1.67. The Morgan fingerprint density at radius 1 is 1.29 bits per heavy atom. The number of hydrogen-bond donors (Lipinski definition) is 1. The van der Waals surface area contributed by atoms with Crippen molar-refractivity contribution in [1.29, 1.82) is 0 Å². The van der Waals surface area contributed by atoms with E-state index in [9.17, 15) is 0 Å². The molecular weight excluding hydrogens is 268 g/mol. The van der Waals surface area contributed by atoms with Crippen LogP contribution in [0.15, 0.2) is 4.52 Å². The zero-order chi connectivity index (χ0) is 14.2. The number of morpholine rings is 1. The zero-order valence-corrected chi connectivity index (χ0v) is 12.6. The maximum Gasteiger partial charge on any atom is 0.244 e. The number of rotatable bonds is 2. The van der Waals surface area contributed by atoms with E-state index in [2.05, 4.69) is 27.3 Å². The highest BCUT2D eigenvalue weighted by Gasteiger charge is 2.36. The molecule has 1 aromatic heterocycles. The minimum Gasteiger partial charge on any atom is -0.367 e. The van der Waals surface area contributed by atoms with Crippen molar-refractivity contribution in [3.63, 3.8) is 0 Å². The highest BCUT2D eigenvalue weighted by Crippen LogP contribution is 2.31. The van der Waals surface area contributed by atoms with Crippen LogP contribution in [0.3, 0.4) is 0 Å². The Labute approximate surface area is 125 Å². The molecule has 6 nitrogen and oxygen atoms in total. The molecule has 0 aliphatic carbocycles. The van der Waals surface area contributed by atoms with E-state index in [0.717, 1.165) is 31.4 Å². The van der Waals surface area contributed by atoms with Gasteiger partial charge in [-0.1, -0.05) is 12.1 Å². The minimum absolute atomic E-state index is 0.0317. The number of ether oxygens (including phenoxy) is 1. The molecule has 0 radical (unpaired) electrons. The van der Waals surface area contributed by atoms with Crippen LogP contribution >= 0.6 is 0 Å². The molecule has 3 saturated heterocycles. The standard InChI is InChI=1S/C15H24N4O2/c1-10-4-2-6-16-13(10)15-17-14(18-21-15)12-8-19-7-3-5-11(19)9-20-12/h10-13,16H,2-9H2,1H3. The smallest absolute Gasteiger partial charge is 0.244 e. The molecule has 3 fully saturated rings. The molecule has 4 atom stereocenters. The van der Waals surface area contributed by atoms with E-state index in [1.807, 2.05) is 0 Å². The number of aromatic nitrogens is 2. The van der Waals surface area contributed by atoms with Crippen LogP contribution in [0, 0.1) is 5.92 Å². The fraction of sp³-hybridized carbons (Fsp3) is 0.867. The van der Waals surface area contributed by atoms with Crippen LogP contribution in [0.2, 0.25) is 0 Å². The SMILES string of the molecule is CC1CCCNC1c1nc(C2CN3CCCC3CO2)no1. The molecule has 1 aromatic rings. The van der Waals surface area contributed by atoms with E-state index >= 15 is 0 Å². The Bertz CT molecular complexity index is 492. The van der Waals surface area contributed by atoms with Crippen molar-refractivity contribution in [2.75, 3.05) is 26.2 Å². The summed E-state index contributed by atoms with van der Waals surface area (Å²) in [5, 5.41) is 7.68. The molecule has 116 valence electrons. The maximum absolute atomic E-state index is 5.96. The van der Waals surface area contributed by atoms with Gasteiger partial charge >= 0.3 is 0 Å². The highest BCUT2D eigenvalue weighted by atomic mass is 16.5. The van der Waals surface area contributed by atoms with Crippen molar-refractivity contribution in [2.24, 2.45) is 5.92 Å². The Morgan fingerprint density at radius 3 is 3.14 bits per heavy atom. The van der Waals surface area contributed by atoms with Crippen molar-refractivity contribution in [1.82, 2.24) is 20.4 Å². The minimum atomic E-state index is -0.0317. The lowest BCUT2D eigenvalue weighted by Gasteiger charge is -2.33. The number of nitrogens with zero attached hydrogens (tertiary/aromatic N) is 3. The summed E-state index contributed by atoms with van der Waals surface area (Å²) in [6, 6.07) is 0.802. The van der Waals surface area contributed by atoms with Gasteiger partial charge in [-0.2, -0.15) is 4.98 Å². The lowest BCUT2D eigenvalue weighted by atomic mass is 9.93. The summed E-state index contributed by atoms with van der Waals surface area (Å²) < 4.78 is 11.5. The highest BCUT2D eigenvalue weighted by molar-refractivity contribution is 5.01. The molecule has 0 bridgehead atoms. The Balaban J connectivity index is 1.46. The second-order valence-corrected chi connectivity index (χ2v) is 6.66. The Morgan fingerprint density at radius 2 is 2.24 bits per heavy atom. The summed E-state index contributed by atoms with van der Waals surface area (Å²) in [5.41, 5.74) is 0. The summed E-state index contributed by atoms with van der Waals surface area (Å²) in [6.07, 6.45) is 4.94. The average molecular weight is 292 g/mol. The summed E-state index contributed by atoms with van der Waals surface area (Å²) in [7, 11) is 0. The van der Waals surface area contributed by atoms with Gasteiger partial charge in [0.1, 0.15) is 6.10 Å². The Hall–Kier alpha value is -0.980. The van der Waals surface area contributed by atoms with Crippen LogP contribution in [0.5, 0.6) is 0 Å². The van der Waals surface area contributed by atoms with Gasteiger partial charge in [-0.25, -0.2) is 0 Å². The molecule has 0 spiro atoms. The first-order chi connectivity index (χ1) is 10.3. The fourth-order valence-electron chi connectivity index (χ4n) is 3.86. The van der Waals surface area contributed by atoms with Gasteiger partial charge in [0.2, 0.25) is 11.7 Å². The molecule has 4 heterocycles. The van der Waals surface area contributed by atoms with E-state index in [-0.39, 0.29) is 12.1 Å². The first-order valence-electron chi connectivity index (χ1n) is 8.24. The van der Waals surface area contributed by atoms with Gasteiger partial charge in [0, 0.05) is 12.6 Å². The van der Waals surface area contributed by atoms with Crippen LogP contribution in [0.1, 0.15) is 56.5 Å². The lowest BCUT2D eigenvalue weighted by Crippen LogP contribution is -2.42. The van der Waals surface area contributed by atoms with Gasteiger partial charge in [-0.3, -0.25) is 4.90 Å². The first-order valence-corrected chi connectivity index (χ1v) is 8.24. The second-order valence-electron chi connectivity index (χ2n) is 6.66. The summed E-state index contributed by atoms with van der Waals surface area (Å²) in [4.78, 5) is 7.14. The van der Waals surface area contributed by atoms with Crippen molar-refractivity contribution in [3.05, 3.63) is 11.7 Å². The molecular formula is C15H24N4O2. The first kappa shape index (κ1) is 13.7. The van der Waals surface area contributed by atoms with E-state index in [4.69, 9.17) is 9.26 Å². The molecule has 21 heavy (non-hydrogen) atoms. The van der Waals surface area contributed by atoms with Crippen molar-refractivity contribution in [2.45, 2.75) is 50.8 Å². The average Bonchev–Trinajstić information content (AvgIpc) is 3.16. The molecule has 1 N–H and O–H groups in total. The van der Waals surface area contributed by atoms with Crippen LogP contribution in [-0.4, -0.2) is 47.3 Å². The van der Waals surface area contributed by atoms with Crippen molar-refractivity contribution >= 4 is 0 Å². The largest absolute Gasteiger partial charge is 0.367 e. The third-order valence-electron chi connectivity index (χ3n) is 5.17. The lowest BCUT2D eigenvalue weighted by molar-refractivity contribution is -0.0548. The van der Waals surface area contributed by atoms with Crippen LogP contribution in [0.25, 0.3) is 0 Å². The number of hydrogen-bond acceptors (Lipinski definition) is 6.